The van der Waals surface area contributed by atoms with Crippen molar-refractivity contribution in [3.8, 4) is 0 Å². The Bertz CT molecular complexity index is 699. The normalized spacial score (nSPS) is 14.0. The first-order valence-corrected chi connectivity index (χ1v) is 7.86. The number of imidazole rings is 1. The molecule has 1 aromatic heterocycles. The average Bonchev–Trinajstić information content (AvgIpc) is 2.92. The maximum atomic E-state index is 11.9. The molecule has 1 aromatic carbocycles. The SMILES string of the molecule is O=C1CN(C(=O)O)Cc2c1ncn2CCSc1ccccc1. The number of rotatable bonds is 4. The molecule has 0 saturated carbocycles. The van der Waals surface area contributed by atoms with Crippen LogP contribution < -0.4 is 0 Å². The van der Waals surface area contributed by atoms with Crippen LogP contribution in [0.15, 0.2) is 41.6 Å². The molecule has 22 heavy (non-hydrogen) atoms. The number of nitrogens with zero attached hydrogens (tertiary/aromatic N) is 3. The van der Waals surface area contributed by atoms with E-state index in [-0.39, 0.29) is 18.9 Å². The highest BCUT2D eigenvalue weighted by Gasteiger charge is 2.29. The highest BCUT2D eigenvalue weighted by molar-refractivity contribution is 7.99. The number of aryl methyl sites for hydroxylation is 1. The summed E-state index contributed by atoms with van der Waals surface area (Å²) >= 11 is 1.71. The number of thioether (sulfide) groups is 1. The number of carbonyl (C=O) groups excluding carboxylic acids is 1. The molecule has 0 saturated heterocycles. The Hall–Kier alpha value is -2.28. The zero-order chi connectivity index (χ0) is 15.5. The van der Waals surface area contributed by atoms with E-state index >= 15 is 0 Å². The summed E-state index contributed by atoms with van der Waals surface area (Å²) in [6.45, 7) is 0.785. The Morgan fingerprint density at radius 2 is 2.05 bits per heavy atom. The van der Waals surface area contributed by atoms with Crippen molar-refractivity contribution in [1.29, 1.82) is 0 Å². The molecule has 0 aliphatic carbocycles. The van der Waals surface area contributed by atoms with Crippen molar-refractivity contribution < 1.29 is 14.7 Å². The summed E-state index contributed by atoms with van der Waals surface area (Å²) in [5, 5.41) is 9.07. The lowest BCUT2D eigenvalue weighted by molar-refractivity contribution is 0.0865. The summed E-state index contributed by atoms with van der Waals surface area (Å²) in [6, 6.07) is 10.0. The van der Waals surface area contributed by atoms with Gasteiger partial charge in [-0.05, 0) is 12.1 Å². The minimum atomic E-state index is -1.08. The third kappa shape index (κ3) is 2.99. The van der Waals surface area contributed by atoms with Gasteiger partial charge in [-0.25, -0.2) is 9.78 Å². The highest BCUT2D eigenvalue weighted by atomic mass is 32.2. The minimum absolute atomic E-state index is 0.113. The van der Waals surface area contributed by atoms with Crippen LogP contribution in [0, 0.1) is 0 Å². The number of amides is 1. The first kappa shape index (κ1) is 14.6. The summed E-state index contributed by atoms with van der Waals surface area (Å²) < 4.78 is 1.87. The Morgan fingerprint density at radius 3 is 2.77 bits per heavy atom. The van der Waals surface area contributed by atoms with Crippen molar-refractivity contribution in [3.05, 3.63) is 48.0 Å². The molecule has 2 aromatic rings. The van der Waals surface area contributed by atoms with E-state index in [1.54, 1.807) is 18.1 Å². The lowest BCUT2D eigenvalue weighted by atomic mass is 10.1. The van der Waals surface area contributed by atoms with E-state index in [0.29, 0.717) is 17.9 Å². The number of hydrogen-bond donors (Lipinski definition) is 1. The molecular formula is C15H15N3O3S. The topological polar surface area (TPSA) is 75.4 Å². The maximum absolute atomic E-state index is 11.9. The van der Waals surface area contributed by atoms with Gasteiger partial charge in [0, 0.05) is 17.2 Å². The summed E-state index contributed by atoms with van der Waals surface area (Å²) in [6.07, 6.45) is 0.546. The van der Waals surface area contributed by atoms with Crippen molar-refractivity contribution in [2.45, 2.75) is 18.0 Å². The number of ketones is 1. The fourth-order valence-corrected chi connectivity index (χ4v) is 3.27. The molecule has 7 heteroatoms. The molecule has 0 spiro atoms. The van der Waals surface area contributed by atoms with E-state index in [4.69, 9.17) is 5.11 Å². The quantitative estimate of drug-likeness (QED) is 0.876. The van der Waals surface area contributed by atoms with E-state index in [9.17, 15) is 9.59 Å². The number of Topliss-reactive ketones (excluding diaryl/α,β-unsaturated/α-hetero) is 1. The van der Waals surface area contributed by atoms with Gasteiger partial charge in [-0.15, -0.1) is 11.8 Å². The van der Waals surface area contributed by atoms with Gasteiger partial charge >= 0.3 is 6.09 Å². The monoisotopic (exact) mass is 317 g/mol. The van der Waals surface area contributed by atoms with E-state index in [2.05, 4.69) is 4.98 Å². The van der Waals surface area contributed by atoms with Gasteiger partial charge in [0.05, 0.1) is 25.1 Å². The molecule has 0 radical (unpaired) electrons. The van der Waals surface area contributed by atoms with Crippen LogP contribution in [0.25, 0.3) is 0 Å². The van der Waals surface area contributed by atoms with Crippen LogP contribution in [0.4, 0.5) is 4.79 Å². The smallest absolute Gasteiger partial charge is 0.408 e. The van der Waals surface area contributed by atoms with Gasteiger partial charge in [-0.1, -0.05) is 18.2 Å². The van der Waals surface area contributed by atoms with E-state index < -0.39 is 6.09 Å². The van der Waals surface area contributed by atoms with Crippen molar-refractivity contribution in [2.24, 2.45) is 0 Å². The number of carbonyl (C=O) groups is 2. The van der Waals surface area contributed by atoms with Crippen LogP contribution >= 0.6 is 11.8 Å². The van der Waals surface area contributed by atoms with Crippen molar-refractivity contribution >= 4 is 23.6 Å². The van der Waals surface area contributed by atoms with Gasteiger partial charge in [-0.3, -0.25) is 9.69 Å². The van der Waals surface area contributed by atoms with E-state index in [0.717, 1.165) is 10.7 Å². The second-order valence-electron chi connectivity index (χ2n) is 4.96. The summed E-state index contributed by atoms with van der Waals surface area (Å²) in [5.41, 5.74) is 1.09. The van der Waals surface area contributed by atoms with Crippen LogP contribution in [0.2, 0.25) is 0 Å². The largest absolute Gasteiger partial charge is 0.465 e. The number of carboxylic acid groups (broad SMARTS) is 1. The lowest BCUT2D eigenvalue weighted by Gasteiger charge is -2.23. The van der Waals surface area contributed by atoms with E-state index in [1.165, 1.54) is 4.90 Å². The van der Waals surface area contributed by atoms with Gasteiger partial charge in [0.25, 0.3) is 0 Å². The zero-order valence-corrected chi connectivity index (χ0v) is 12.6. The second-order valence-corrected chi connectivity index (χ2v) is 6.12. The summed E-state index contributed by atoms with van der Waals surface area (Å²) in [5.74, 6) is 0.590. The van der Waals surface area contributed by atoms with Crippen molar-refractivity contribution in [2.75, 3.05) is 12.3 Å². The first-order chi connectivity index (χ1) is 10.6. The lowest BCUT2D eigenvalue weighted by Crippen LogP contribution is -2.39. The highest BCUT2D eigenvalue weighted by Crippen LogP contribution is 2.21. The number of hydrogen-bond acceptors (Lipinski definition) is 4. The van der Waals surface area contributed by atoms with Crippen molar-refractivity contribution in [1.82, 2.24) is 14.5 Å². The first-order valence-electron chi connectivity index (χ1n) is 6.88. The predicted octanol–water partition coefficient (Wildman–Crippen LogP) is 2.35. The fourth-order valence-electron chi connectivity index (χ4n) is 2.40. The molecule has 6 nitrogen and oxygen atoms in total. The molecule has 114 valence electrons. The molecule has 0 unspecified atom stereocenters. The molecule has 3 rings (SSSR count). The Labute approximate surface area is 131 Å². The Kier molecular flexibility index (Phi) is 4.15. The van der Waals surface area contributed by atoms with Crippen LogP contribution in [-0.2, 0) is 13.1 Å². The van der Waals surface area contributed by atoms with Crippen molar-refractivity contribution in [3.63, 3.8) is 0 Å². The minimum Gasteiger partial charge on any atom is -0.465 e. The summed E-state index contributed by atoms with van der Waals surface area (Å²) in [4.78, 5) is 29.4. The third-order valence-corrected chi connectivity index (χ3v) is 4.49. The number of benzene rings is 1. The Balaban J connectivity index is 1.68. The summed E-state index contributed by atoms with van der Waals surface area (Å²) in [7, 11) is 0. The van der Waals surface area contributed by atoms with Crippen LogP contribution in [0.1, 0.15) is 16.2 Å². The molecule has 1 amide bonds. The maximum Gasteiger partial charge on any atom is 0.408 e. The van der Waals surface area contributed by atoms with Crippen LogP contribution in [-0.4, -0.2) is 43.7 Å². The van der Waals surface area contributed by atoms with Crippen LogP contribution in [0.5, 0.6) is 0 Å². The molecule has 0 fully saturated rings. The zero-order valence-electron chi connectivity index (χ0n) is 11.8. The van der Waals surface area contributed by atoms with Crippen LogP contribution in [0.3, 0.4) is 0 Å². The number of fused-ring (bicyclic) bond motifs is 1. The predicted molar refractivity (Wildman–Crippen MR) is 82.2 cm³/mol. The second kappa shape index (κ2) is 6.23. The van der Waals surface area contributed by atoms with Gasteiger partial charge in [0.1, 0.15) is 5.69 Å². The molecule has 0 bridgehead atoms. The van der Waals surface area contributed by atoms with Gasteiger partial charge < -0.3 is 9.67 Å². The molecule has 1 N–H and O–H groups in total. The fraction of sp³-hybridized carbons (Fsp3) is 0.267. The molecule has 0 atom stereocenters. The van der Waals surface area contributed by atoms with Gasteiger partial charge in [0.15, 0.2) is 0 Å². The Morgan fingerprint density at radius 1 is 1.27 bits per heavy atom. The standard InChI is InChI=1S/C15H15N3O3S/c19-13-9-18(15(20)21)8-12-14(13)16-10-17(12)6-7-22-11-4-2-1-3-5-11/h1-5,10H,6-9H2,(H,20,21). The molecule has 1 aliphatic rings. The molecular weight excluding hydrogens is 302 g/mol. The number of aromatic nitrogens is 2. The molecule has 2 heterocycles. The average molecular weight is 317 g/mol. The third-order valence-electron chi connectivity index (χ3n) is 3.50. The van der Waals surface area contributed by atoms with Gasteiger partial charge in [0.2, 0.25) is 5.78 Å². The molecule has 1 aliphatic heterocycles. The van der Waals surface area contributed by atoms with E-state index in [1.807, 2.05) is 34.9 Å². The van der Waals surface area contributed by atoms with Gasteiger partial charge in [-0.2, -0.15) is 0 Å².